The molecule has 54 valence electrons. The van der Waals surface area contributed by atoms with Gasteiger partial charge in [-0.1, -0.05) is 0 Å². The molecule has 2 N–H and O–H groups in total. The third-order valence-electron chi connectivity index (χ3n) is 2.06. The van der Waals surface area contributed by atoms with Crippen LogP contribution in [0.3, 0.4) is 0 Å². The van der Waals surface area contributed by atoms with E-state index in [-0.39, 0.29) is 6.04 Å². The number of rotatable bonds is 2. The minimum absolute atomic E-state index is 0.0625. The molecule has 0 aromatic rings. The zero-order chi connectivity index (χ0) is 6.91. The highest BCUT2D eigenvalue weighted by molar-refractivity contribution is 4.93. The Morgan fingerprint density at radius 1 is 1.44 bits per heavy atom. The molecule has 1 aliphatic rings. The van der Waals surface area contributed by atoms with Gasteiger partial charge >= 0.3 is 0 Å². The molecule has 0 aromatic heterocycles. The van der Waals surface area contributed by atoms with Crippen molar-refractivity contribution in [1.82, 2.24) is 0 Å². The van der Waals surface area contributed by atoms with E-state index in [1.54, 1.807) is 14.2 Å². The summed E-state index contributed by atoms with van der Waals surface area (Å²) >= 11 is 0. The summed E-state index contributed by atoms with van der Waals surface area (Å²) in [6.07, 6.45) is 1.92. The third kappa shape index (κ3) is 0.852. The summed E-state index contributed by atoms with van der Waals surface area (Å²) in [5.74, 6) is -0.458. The maximum atomic E-state index is 5.63. The van der Waals surface area contributed by atoms with Gasteiger partial charge in [0.25, 0.3) is 0 Å². The standard InChI is InChI=1S/C6H13NO2/c1-8-6(9-2)4-3-5(6)7/h5H,3-4,7H2,1-2H3/t5-/m0/s1. The first-order valence-corrected chi connectivity index (χ1v) is 3.11. The maximum absolute atomic E-state index is 5.63. The summed E-state index contributed by atoms with van der Waals surface area (Å²) in [4.78, 5) is 0. The fourth-order valence-corrected chi connectivity index (χ4v) is 1.14. The molecule has 0 amide bonds. The Hall–Kier alpha value is -0.120. The van der Waals surface area contributed by atoms with E-state index in [0.29, 0.717) is 0 Å². The predicted octanol–water partition coefficient (Wildman–Crippen LogP) is 0.0966. The Morgan fingerprint density at radius 3 is 2.00 bits per heavy atom. The van der Waals surface area contributed by atoms with Crippen LogP contribution in [0.2, 0.25) is 0 Å². The van der Waals surface area contributed by atoms with E-state index < -0.39 is 5.79 Å². The van der Waals surface area contributed by atoms with E-state index in [1.165, 1.54) is 0 Å². The van der Waals surface area contributed by atoms with Crippen molar-refractivity contribution >= 4 is 0 Å². The smallest absolute Gasteiger partial charge is 0.182 e. The summed E-state index contributed by atoms with van der Waals surface area (Å²) in [6, 6.07) is 0.0625. The predicted molar refractivity (Wildman–Crippen MR) is 34.0 cm³/mol. The average molecular weight is 131 g/mol. The van der Waals surface area contributed by atoms with E-state index in [2.05, 4.69) is 0 Å². The molecule has 0 bridgehead atoms. The summed E-state index contributed by atoms with van der Waals surface area (Å²) in [7, 11) is 3.26. The molecule has 0 unspecified atom stereocenters. The topological polar surface area (TPSA) is 44.5 Å². The van der Waals surface area contributed by atoms with Crippen LogP contribution in [0, 0.1) is 0 Å². The molecule has 0 saturated heterocycles. The second kappa shape index (κ2) is 2.25. The van der Waals surface area contributed by atoms with Crippen molar-refractivity contribution in [3.63, 3.8) is 0 Å². The van der Waals surface area contributed by atoms with Gasteiger partial charge in [-0.2, -0.15) is 0 Å². The van der Waals surface area contributed by atoms with Gasteiger partial charge in [-0.3, -0.25) is 0 Å². The number of nitrogens with two attached hydrogens (primary N) is 1. The van der Waals surface area contributed by atoms with Gasteiger partial charge in [0.2, 0.25) is 0 Å². The van der Waals surface area contributed by atoms with Crippen molar-refractivity contribution in [2.45, 2.75) is 24.7 Å². The van der Waals surface area contributed by atoms with Crippen LogP contribution in [-0.2, 0) is 9.47 Å². The summed E-state index contributed by atoms with van der Waals surface area (Å²) in [5, 5.41) is 0. The van der Waals surface area contributed by atoms with Crippen LogP contribution in [0.5, 0.6) is 0 Å². The number of methoxy groups -OCH3 is 2. The molecule has 0 spiro atoms. The first kappa shape index (κ1) is 6.99. The van der Waals surface area contributed by atoms with Crippen molar-refractivity contribution in [2.24, 2.45) is 5.73 Å². The van der Waals surface area contributed by atoms with E-state index >= 15 is 0 Å². The monoisotopic (exact) mass is 131 g/mol. The molecular weight excluding hydrogens is 118 g/mol. The van der Waals surface area contributed by atoms with Gasteiger partial charge in [0, 0.05) is 20.6 Å². The number of ether oxygens (including phenoxy) is 2. The number of hydrogen-bond donors (Lipinski definition) is 1. The van der Waals surface area contributed by atoms with Crippen LogP contribution < -0.4 is 5.73 Å². The molecular formula is C6H13NO2. The zero-order valence-electron chi connectivity index (χ0n) is 5.89. The maximum Gasteiger partial charge on any atom is 0.182 e. The Bertz CT molecular complexity index is 95.7. The van der Waals surface area contributed by atoms with Crippen LogP contribution >= 0.6 is 0 Å². The quantitative estimate of drug-likeness (QED) is 0.540. The highest BCUT2D eigenvalue weighted by Crippen LogP contribution is 2.34. The largest absolute Gasteiger partial charge is 0.352 e. The lowest BCUT2D eigenvalue weighted by atomic mass is 9.85. The van der Waals surface area contributed by atoms with Gasteiger partial charge in [0.1, 0.15) is 0 Å². The Morgan fingerprint density at radius 2 is 2.00 bits per heavy atom. The SMILES string of the molecule is COC1(OC)CC[C@@H]1N. The van der Waals surface area contributed by atoms with Gasteiger partial charge in [-0.15, -0.1) is 0 Å². The molecule has 0 radical (unpaired) electrons. The van der Waals surface area contributed by atoms with Gasteiger partial charge in [0.05, 0.1) is 6.04 Å². The molecule has 0 aromatic carbocycles. The van der Waals surface area contributed by atoms with Crippen molar-refractivity contribution in [2.75, 3.05) is 14.2 Å². The first-order chi connectivity index (χ1) is 4.25. The van der Waals surface area contributed by atoms with Gasteiger partial charge in [-0.25, -0.2) is 0 Å². The van der Waals surface area contributed by atoms with Crippen molar-refractivity contribution in [3.05, 3.63) is 0 Å². The summed E-state index contributed by atoms with van der Waals surface area (Å²) in [5.41, 5.74) is 5.63. The molecule has 0 aliphatic heterocycles. The molecule has 1 atom stereocenters. The molecule has 1 aliphatic carbocycles. The first-order valence-electron chi connectivity index (χ1n) is 3.11. The van der Waals surface area contributed by atoms with E-state index in [4.69, 9.17) is 15.2 Å². The Balaban J connectivity index is 2.48. The average Bonchev–Trinajstić information content (AvgIpc) is 1.89. The van der Waals surface area contributed by atoms with E-state index in [1.807, 2.05) is 0 Å². The zero-order valence-corrected chi connectivity index (χ0v) is 5.89. The third-order valence-corrected chi connectivity index (χ3v) is 2.06. The summed E-state index contributed by atoms with van der Waals surface area (Å²) in [6.45, 7) is 0. The molecule has 3 nitrogen and oxygen atoms in total. The highest BCUT2D eigenvalue weighted by Gasteiger charge is 2.45. The minimum Gasteiger partial charge on any atom is -0.352 e. The van der Waals surface area contributed by atoms with Gasteiger partial charge in [0.15, 0.2) is 5.79 Å². The van der Waals surface area contributed by atoms with Crippen LogP contribution in [0.4, 0.5) is 0 Å². The minimum atomic E-state index is -0.458. The Kier molecular flexibility index (Phi) is 1.75. The lowest BCUT2D eigenvalue weighted by molar-refractivity contribution is -0.261. The van der Waals surface area contributed by atoms with Crippen LogP contribution in [-0.4, -0.2) is 26.0 Å². The Labute approximate surface area is 55.1 Å². The fraction of sp³-hybridized carbons (Fsp3) is 1.00. The molecule has 3 heteroatoms. The lowest BCUT2D eigenvalue weighted by Gasteiger charge is -2.44. The van der Waals surface area contributed by atoms with Crippen LogP contribution in [0.25, 0.3) is 0 Å². The molecule has 0 heterocycles. The van der Waals surface area contributed by atoms with Crippen molar-refractivity contribution < 1.29 is 9.47 Å². The second-order valence-corrected chi connectivity index (χ2v) is 2.37. The lowest BCUT2D eigenvalue weighted by Crippen LogP contribution is -2.59. The van der Waals surface area contributed by atoms with Crippen molar-refractivity contribution in [1.29, 1.82) is 0 Å². The van der Waals surface area contributed by atoms with Gasteiger partial charge in [-0.05, 0) is 6.42 Å². The fourth-order valence-electron chi connectivity index (χ4n) is 1.14. The highest BCUT2D eigenvalue weighted by atomic mass is 16.7. The van der Waals surface area contributed by atoms with Gasteiger partial charge < -0.3 is 15.2 Å². The second-order valence-electron chi connectivity index (χ2n) is 2.37. The van der Waals surface area contributed by atoms with Crippen molar-refractivity contribution in [3.8, 4) is 0 Å². The van der Waals surface area contributed by atoms with Crippen LogP contribution in [0.1, 0.15) is 12.8 Å². The normalized spacial score (nSPS) is 31.7. The molecule has 1 rings (SSSR count). The van der Waals surface area contributed by atoms with E-state index in [0.717, 1.165) is 12.8 Å². The summed E-state index contributed by atoms with van der Waals surface area (Å²) < 4.78 is 10.2. The van der Waals surface area contributed by atoms with E-state index in [9.17, 15) is 0 Å². The number of hydrogen-bond acceptors (Lipinski definition) is 3. The molecule has 1 fully saturated rings. The molecule has 9 heavy (non-hydrogen) atoms. The molecule has 1 saturated carbocycles. The van der Waals surface area contributed by atoms with Crippen LogP contribution in [0.15, 0.2) is 0 Å².